The molecule has 2 bridgehead atoms. The van der Waals surface area contributed by atoms with Gasteiger partial charge < -0.3 is 10.2 Å². The van der Waals surface area contributed by atoms with E-state index >= 15 is 0 Å². The normalized spacial score (nSPS) is 32.2. The van der Waals surface area contributed by atoms with E-state index in [4.69, 9.17) is 0 Å². The molecule has 0 aromatic carbocycles. The van der Waals surface area contributed by atoms with E-state index in [1.807, 2.05) is 11.0 Å². The fraction of sp³-hybridized carbons (Fsp3) is 0.556. The zero-order valence-electron chi connectivity index (χ0n) is 14.2. The number of hydrogen-bond acceptors (Lipinski definition) is 4. The second kappa shape index (κ2) is 5.75. The van der Waals surface area contributed by atoms with Gasteiger partial charge in [0.1, 0.15) is 6.17 Å². The van der Waals surface area contributed by atoms with Crippen molar-refractivity contribution < 1.29 is 14.0 Å². The van der Waals surface area contributed by atoms with Crippen LogP contribution in [0.4, 0.5) is 4.39 Å². The second-order valence-electron chi connectivity index (χ2n) is 7.60. The Balaban J connectivity index is 1.31. The average Bonchev–Trinajstić information content (AvgIpc) is 3.04. The highest BCUT2D eigenvalue weighted by molar-refractivity contribution is 6.01. The highest BCUT2D eigenvalue weighted by Crippen LogP contribution is 2.42. The number of aromatic nitrogens is 3. The van der Waals surface area contributed by atoms with Gasteiger partial charge in [0, 0.05) is 24.8 Å². The van der Waals surface area contributed by atoms with Crippen molar-refractivity contribution in [3.63, 3.8) is 0 Å². The first-order chi connectivity index (χ1) is 12.6. The lowest BCUT2D eigenvalue weighted by atomic mass is 9.89. The Labute approximate surface area is 149 Å². The molecule has 1 N–H and O–H groups in total. The molecule has 2 amide bonds. The molecule has 5 rings (SSSR count). The van der Waals surface area contributed by atoms with E-state index in [0.29, 0.717) is 24.0 Å². The molecule has 3 aliphatic rings. The van der Waals surface area contributed by atoms with Crippen molar-refractivity contribution in [3.05, 3.63) is 30.1 Å². The summed E-state index contributed by atoms with van der Waals surface area (Å²) in [6.07, 6.45) is 5.58. The number of pyridine rings is 1. The molecule has 1 saturated carbocycles. The van der Waals surface area contributed by atoms with Crippen LogP contribution in [0.1, 0.15) is 36.0 Å². The van der Waals surface area contributed by atoms with E-state index in [2.05, 4.69) is 15.6 Å². The summed E-state index contributed by atoms with van der Waals surface area (Å²) < 4.78 is 14.6. The van der Waals surface area contributed by atoms with E-state index in [9.17, 15) is 14.0 Å². The Kier molecular flexibility index (Phi) is 3.48. The van der Waals surface area contributed by atoms with Gasteiger partial charge >= 0.3 is 0 Å². The topological polar surface area (TPSA) is 79.6 Å². The molecule has 26 heavy (non-hydrogen) atoms. The Morgan fingerprint density at radius 3 is 2.96 bits per heavy atom. The van der Waals surface area contributed by atoms with E-state index < -0.39 is 12.1 Å². The number of amides is 2. The summed E-state index contributed by atoms with van der Waals surface area (Å²) in [4.78, 5) is 27.0. The number of rotatable bonds is 4. The molecule has 8 heteroatoms. The lowest BCUT2D eigenvalue weighted by Crippen LogP contribution is -2.40. The Morgan fingerprint density at radius 2 is 2.15 bits per heavy atom. The summed E-state index contributed by atoms with van der Waals surface area (Å²) in [5, 5.41) is 10.7. The molecular weight excluding hydrogens is 337 g/mol. The summed E-state index contributed by atoms with van der Waals surface area (Å²) in [6, 6.07) is 3.95. The summed E-state index contributed by atoms with van der Waals surface area (Å²) in [7, 11) is 0. The van der Waals surface area contributed by atoms with E-state index in [1.165, 1.54) is 0 Å². The van der Waals surface area contributed by atoms with Crippen LogP contribution in [-0.4, -0.2) is 56.3 Å². The molecule has 0 spiro atoms. The maximum absolute atomic E-state index is 13.2. The molecule has 0 radical (unpaired) electrons. The number of hydrogen-bond donors (Lipinski definition) is 1. The molecule has 1 aliphatic carbocycles. The van der Waals surface area contributed by atoms with Crippen LogP contribution in [0.2, 0.25) is 0 Å². The third kappa shape index (κ3) is 2.39. The van der Waals surface area contributed by atoms with Crippen LogP contribution in [0.5, 0.6) is 0 Å². The molecule has 2 aromatic rings. The van der Waals surface area contributed by atoms with Gasteiger partial charge in [-0.2, -0.15) is 0 Å². The predicted octanol–water partition coefficient (Wildman–Crippen LogP) is 1.20. The van der Waals surface area contributed by atoms with E-state index in [0.717, 1.165) is 19.3 Å². The van der Waals surface area contributed by atoms with Crippen molar-refractivity contribution >= 4 is 17.3 Å². The quantitative estimate of drug-likeness (QED) is 0.892. The zero-order valence-corrected chi connectivity index (χ0v) is 14.2. The van der Waals surface area contributed by atoms with Gasteiger partial charge in [0.15, 0.2) is 0 Å². The van der Waals surface area contributed by atoms with Gasteiger partial charge in [-0.3, -0.25) is 9.59 Å². The minimum Gasteiger partial charge on any atom is -0.355 e. The minimum atomic E-state index is -0.974. The molecule has 2 aromatic heterocycles. The Hall–Kier alpha value is -2.51. The molecule has 5 unspecified atom stereocenters. The summed E-state index contributed by atoms with van der Waals surface area (Å²) >= 11 is 0. The van der Waals surface area contributed by atoms with Crippen molar-refractivity contribution in [1.82, 2.24) is 25.0 Å². The largest absolute Gasteiger partial charge is 0.355 e. The van der Waals surface area contributed by atoms with Crippen molar-refractivity contribution in [2.75, 3.05) is 6.54 Å². The number of nitrogens with one attached hydrogen (secondary N) is 1. The van der Waals surface area contributed by atoms with Crippen molar-refractivity contribution in [2.24, 2.45) is 11.8 Å². The molecule has 5 atom stereocenters. The standard InChI is InChI=1S/C18H20FN5O2/c19-14-7-13(14)17(25)20-8-10-6-11-3-4-15(10)24(11)18(26)12-2-1-5-23-16(12)9-21-22-23/h1-2,5,9-11,13-15H,3-4,6-8H2,(H,20,25). The van der Waals surface area contributed by atoms with Gasteiger partial charge in [0.2, 0.25) is 5.91 Å². The second-order valence-corrected chi connectivity index (χ2v) is 7.60. The molecule has 3 fully saturated rings. The van der Waals surface area contributed by atoms with E-state index in [1.54, 1.807) is 23.0 Å². The number of carbonyl (C=O) groups excluding carboxylic acids is 2. The van der Waals surface area contributed by atoms with Crippen molar-refractivity contribution in [2.45, 2.75) is 43.9 Å². The molecule has 2 aliphatic heterocycles. The predicted molar refractivity (Wildman–Crippen MR) is 90.1 cm³/mol. The fourth-order valence-corrected chi connectivity index (χ4v) is 4.62. The highest BCUT2D eigenvalue weighted by Gasteiger charge is 2.49. The monoisotopic (exact) mass is 357 g/mol. The van der Waals surface area contributed by atoms with Gasteiger partial charge in [0.05, 0.1) is 23.2 Å². The maximum Gasteiger partial charge on any atom is 0.256 e. The van der Waals surface area contributed by atoms with Crippen LogP contribution >= 0.6 is 0 Å². The van der Waals surface area contributed by atoms with Gasteiger partial charge in [-0.05, 0) is 43.7 Å². The first kappa shape index (κ1) is 15.7. The van der Waals surface area contributed by atoms with Gasteiger partial charge in [-0.1, -0.05) is 5.21 Å². The average molecular weight is 357 g/mol. The first-order valence-electron chi connectivity index (χ1n) is 9.17. The number of carbonyl (C=O) groups is 2. The molecule has 2 saturated heterocycles. The molecule has 4 heterocycles. The van der Waals surface area contributed by atoms with E-state index in [-0.39, 0.29) is 29.8 Å². The number of fused-ring (bicyclic) bond motifs is 3. The van der Waals surface area contributed by atoms with Gasteiger partial charge in [-0.15, -0.1) is 5.10 Å². The maximum atomic E-state index is 13.2. The molecule has 136 valence electrons. The van der Waals surface area contributed by atoms with Crippen LogP contribution in [0.15, 0.2) is 24.5 Å². The summed E-state index contributed by atoms with van der Waals surface area (Å²) in [5.74, 6) is -0.405. The smallest absolute Gasteiger partial charge is 0.256 e. The highest BCUT2D eigenvalue weighted by atomic mass is 19.1. The van der Waals surface area contributed by atoms with Crippen molar-refractivity contribution in [1.29, 1.82) is 0 Å². The summed E-state index contributed by atoms with van der Waals surface area (Å²) in [5.41, 5.74) is 1.31. The first-order valence-corrected chi connectivity index (χ1v) is 9.17. The third-order valence-electron chi connectivity index (χ3n) is 6.06. The van der Waals surface area contributed by atoms with Crippen molar-refractivity contribution in [3.8, 4) is 0 Å². The minimum absolute atomic E-state index is 0.00485. The molecule has 7 nitrogen and oxygen atoms in total. The SMILES string of the molecule is O=C(NCC1CC2CCC1N2C(=O)c1cccn2nncc12)C1CC1F. The number of nitrogens with zero attached hydrogens (tertiary/aromatic N) is 4. The Morgan fingerprint density at radius 1 is 1.31 bits per heavy atom. The number of alkyl halides is 1. The van der Waals surface area contributed by atoms with Crippen LogP contribution in [0.25, 0.3) is 5.52 Å². The third-order valence-corrected chi connectivity index (χ3v) is 6.06. The molecular formula is C18H20FN5O2. The van der Waals surface area contributed by atoms with Crippen LogP contribution in [0, 0.1) is 11.8 Å². The zero-order chi connectivity index (χ0) is 17.8. The van der Waals surface area contributed by atoms with Crippen LogP contribution in [-0.2, 0) is 4.79 Å². The fourth-order valence-electron chi connectivity index (χ4n) is 4.62. The Bertz CT molecular complexity index is 883. The summed E-state index contributed by atoms with van der Waals surface area (Å²) in [6.45, 7) is 0.519. The van der Waals surface area contributed by atoms with Gasteiger partial charge in [-0.25, -0.2) is 8.91 Å². The van der Waals surface area contributed by atoms with Crippen LogP contribution in [0.3, 0.4) is 0 Å². The van der Waals surface area contributed by atoms with Gasteiger partial charge in [0.25, 0.3) is 5.91 Å². The number of halogens is 1. The lowest BCUT2D eigenvalue weighted by molar-refractivity contribution is -0.122. The lowest BCUT2D eigenvalue weighted by Gasteiger charge is -2.25. The van der Waals surface area contributed by atoms with Crippen LogP contribution < -0.4 is 5.32 Å².